The van der Waals surface area contributed by atoms with Gasteiger partial charge < -0.3 is 14.4 Å². The lowest BCUT2D eigenvalue weighted by Crippen LogP contribution is -2.35. The fraction of sp³-hybridized carbons (Fsp3) is 0.294. The number of carbonyl (C=O) groups is 1. The van der Waals surface area contributed by atoms with Crippen LogP contribution in [-0.2, 0) is 9.53 Å². The number of hydrogen-bond donors (Lipinski definition) is 1. The van der Waals surface area contributed by atoms with E-state index in [1.165, 1.54) is 12.1 Å². The molecule has 0 unspecified atom stereocenters. The minimum Gasteiger partial charge on any atom is -0.481 e. The van der Waals surface area contributed by atoms with Gasteiger partial charge in [0, 0.05) is 18.0 Å². The van der Waals surface area contributed by atoms with Crippen LogP contribution in [0.15, 0.2) is 41.5 Å². The molecule has 25 heavy (non-hydrogen) atoms. The van der Waals surface area contributed by atoms with Crippen LogP contribution in [0.3, 0.4) is 0 Å². The molecule has 0 bridgehead atoms. The average molecular weight is 363 g/mol. The van der Waals surface area contributed by atoms with Gasteiger partial charge in [0.1, 0.15) is 0 Å². The van der Waals surface area contributed by atoms with E-state index in [1.54, 1.807) is 29.7 Å². The first-order chi connectivity index (χ1) is 12.2. The Morgan fingerprint density at radius 1 is 1.32 bits per heavy atom. The van der Waals surface area contributed by atoms with Gasteiger partial charge in [-0.3, -0.25) is 4.79 Å². The van der Waals surface area contributed by atoms with Crippen molar-refractivity contribution in [1.82, 2.24) is 5.43 Å². The van der Waals surface area contributed by atoms with Gasteiger partial charge in [0.2, 0.25) is 0 Å². The summed E-state index contributed by atoms with van der Waals surface area (Å²) in [5.74, 6) is -0.924. The highest BCUT2D eigenvalue weighted by Gasteiger charge is 2.12. The van der Waals surface area contributed by atoms with Crippen LogP contribution in [0, 0.1) is 5.82 Å². The average Bonchev–Trinajstić information content (AvgIpc) is 3.11. The smallest absolute Gasteiger partial charge is 0.277 e. The number of amides is 1. The molecule has 1 saturated heterocycles. The second kappa shape index (κ2) is 8.59. The summed E-state index contributed by atoms with van der Waals surface area (Å²) in [6, 6.07) is 9.90. The Hall–Kier alpha value is -2.45. The normalized spacial score (nSPS) is 14.7. The number of para-hydroxylation sites is 1. The van der Waals surface area contributed by atoms with E-state index in [-0.39, 0.29) is 12.4 Å². The molecule has 2 heterocycles. The van der Waals surface area contributed by atoms with Crippen LogP contribution in [0.4, 0.5) is 9.39 Å². The summed E-state index contributed by atoms with van der Waals surface area (Å²) < 4.78 is 23.8. The summed E-state index contributed by atoms with van der Waals surface area (Å²) in [5, 5.41) is 5.06. The second-order valence-corrected chi connectivity index (χ2v) is 6.38. The van der Waals surface area contributed by atoms with E-state index in [0.29, 0.717) is 0 Å². The van der Waals surface area contributed by atoms with Crippen LogP contribution < -0.4 is 15.1 Å². The number of benzene rings is 1. The first-order valence-electron chi connectivity index (χ1n) is 7.84. The molecule has 1 aromatic carbocycles. The maximum absolute atomic E-state index is 13.4. The van der Waals surface area contributed by atoms with Crippen LogP contribution >= 0.6 is 11.3 Å². The molecule has 0 saturated carbocycles. The molecule has 0 aliphatic carbocycles. The van der Waals surface area contributed by atoms with Crippen LogP contribution in [0.2, 0.25) is 0 Å². The van der Waals surface area contributed by atoms with Crippen LogP contribution in [0.5, 0.6) is 5.75 Å². The quantitative estimate of drug-likeness (QED) is 0.632. The Kier molecular flexibility index (Phi) is 5.97. The summed E-state index contributed by atoms with van der Waals surface area (Å²) in [4.78, 5) is 14.9. The van der Waals surface area contributed by atoms with Gasteiger partial charge in [-0.05, 0) is 24.3 Å². The number of anilines is 1. The zero-order valence-electron chi connectivity index (χ0n) is 13.5. The third-order valence-electron chi connectivity index (χ3n) is 3.51. The van der Waals surface area contributed by atoms with Crippen molar-refractivity contribution in [2.75, 3.05) is 37.8 Å². The van der Waals surface area contributed by atoms with Gasteiger partial charge in [-0.15, -0.1) is 11.3 Å². The Balaban J connectivity index is 1.45. The SMILES string of the molecule is O=C(COc1ccccc1F)N/N=C\c1ccc(N2CCOCC2)s1. The first kappa shape index (κ1) is 17.4. The number of hydrogen-bond acceptors (Lipinski definition) is 6. The van der Waals surface area contributed by atoms with E-state index < -0.39 is 11.7 Å². The van der Waals surface area contributed by atoms with E-state index in [2.05, 4.69) is 15.4 Å². The van der Waals surface area contributed by atoms with Gasteiger partial charge in [0.25, 0.3) is 5.91 Å². The monoisotopic (exact) mass is 363 g/mol. The van der Waals surface area contributed by atoms with Crippen molar-refractivity contribution in [1.29, 1.82) is 0 Å². The molecule has 3 rings (SSSR count). The van der Waals surface area contributed by atoms with Crippen molar-refractivity contribution in [3.63, 3.8) is 0 Å². The number of thiophene rings is 1. The third kappa shape index (κ3) is 5.01. The van der Waals surface area contributed by atoms with E-state index in [1.807, 2.05) is 12.1 Å². The van der Waals surface area contributed by atoms with E-state index in [4.69, 9.17) is 9.47 Å². The minimum atomic E-state index is -0.506. The van der Waals surface area contributed by atoms with Crippen LogP contribution in [0.1, 0.15) is 4.88 Å². The van der Waals surface area contributed by atoms with E-state index >= 15 is 0 Å². The molecule has 6 nitrogen and oxygen atoms in total. The zero-order valence-corrected chi connectivity index (χ0v) is 14.3. The molecule has 1 amide bonds. The highest BCUT2D eigenvalue weighted by atomic mass is 32.1. The lowest BCUT2D eigenvalue weighted by atomic mass is 10.3. The molecule has 1 fully saturated rings. The molecule has 132 valence electrons. The highest BCUT2D eigenvalue weighted by molar-refractivity contribution is 7.17. The summed E-state index contributed by atoms with van der Waals surface area (Å²) in [5.41, 5.74) is 2.37. The Bertz CT molecular complexity index is 744. The maximum atomic E-state index is 13.4. The molecule has 1 N–H and O–H groups in total. The van der Waals surface area contributed by atoms with Gasteiger partial charge >= 0.3 is 0 Å². The Labute approximate surface area is 148 Å². The van der Waals surface area contributed by atoms with Gasteiger partial charge in [-0.2, -0.15) is 5.10 Å². The lowest BCUT2D eigenvalue weighted by Gasteiger charge is -2.27. The number of halogens is 1. The van der Waals surface area contributed by atoms with Gasteiger partial charge in [0.05, 0.1) is 24.4 Å². The van der Waals surface area contributed by atoms with Gasteiger partial charge in [-0.1, -0.05) is 12.1 Å². The number of morpholine rings is 1. The van der Waals surface area contributed by atoms with Crippen molar-refractivity contribution in [3.05, 3.63) is 47.1 Å². The van der Waals surface area contributed by atoms with Crippen molar-refractivity contribution < 1.29 is 18.7 Å². The third-order valence-corrected chi connectivity index (χ3v) is 4.59. The van der Waals surface area contributed by atoms with Crippen LogP contribution in [-0.4, -0.2) is 45.0 Å². The standard InChI is InChI=1S/C17H18FN3O3S/c18-14-3-1-2-4-15(14)24-12-16(22)20-19-11-13-5-6-17(25-13)21-7-9-23-10-8-21/h1-6,11H,7-10,12H2,(H,20,22)/b19-11-. The topological polar surface area (TPSA) is 63.2 Å². The number of hydrazone groups is 1. The molecule has 0 spiro atoms. The summed E-state index contributed by atoms with van der Waals surface area (Å²) in [7, 11) is 0. The first-order valence-corrected chi connectivity index (χ1v) is 8.66. The lowest BCUT2D eigenvalue weighted by molar-refractivity contribution is -0.123. The molecule has 1 aliphatic rings. The molecule has 2 aromatic rings. The summed E-state index contributed by atoms with van der Waals surface area (Å²) in [6.07, 6.45) is 1.58. The highest BCUT2D eigenvalue weighted by Crippen LogP contribution is 2.25. The summed E-state index contributed by atoms with van der Waals surface area (Å²) in [6.45, 7) is 2.92. The van der Waals surface area contributed by atoms with Crippen LogP contribution in [0.25, 0.3) is 0 Å². The van der Waals surface area contributed by atoms with Crippen molar-refractivity contribution >= 4 is 28.5 Å². The minimum absolute atomic E-state index is 0.0371. The molecule has 0 atom stereocenters. The molecule has 1 aliphatic heterocycles. The number of rotatable bonds is 6. The molecular weight excluding hydrogens is 345 g/mol. The zero-order chi connectivity index (χ0) is 17.5. The Morgan fingerprint density at radius 3 is 2.92 bits per heavy atom. The fourth-order valence-electron chi connectivity index (χ4n) is 2.27. The number of ether oxygens (including phenoxy) is 2. The van der Waals surface area contributed by atoms with Gasteiger partial charge in [-0.25, -0.2) is 9.82 Å². The molecule has 1 aromatic heterocycles. The van der Waals surface area contributed by atoms with Crippen molar-refractivity contribution in [2.24, 2.45) is 5.10 Å². The molecule has 8 heteroatoms. The Morgan fingerprint density at radius 2 is 2.12 bits per heavy atom. The number of nitrogens with one attached hydrogen (secondary N) is 1. The predicted molar refractivity (Wildman–Crippen MR) is 95.0 cm³/mol. The molecule has 0 radical (unpaired) electrons. The van der Waals surface area contributed by atoms with E-state index in [0.717, 1.165) is 36.2 Å². The van der Waals surface area contributed by atoms with E-state index in [9.17, 15) is 9.18 Å². The summed E-state index contributed by atoms with van der Waals surface area (Å²) >= 11 is 1.59. The second-order valence-electron chi connectivity index (χ2n) is 5.29. The molecular formula is C17H18FN3O3S. The van der Waals surface area contributed by atoms with Crippen molar-refractivity contribution in [3.8, 4) is 5.75 Å². The largest absolute Gasteiger partial charge is 0.481 e. The maximum Gasteiger partial charge on any atom is 0.277 e. The number of carbonyl (C=O) groups excluding carboxylic acids is 1. The van der Waals surface area contributed by atoms with Gasteiger partial charge in [0.15, 0.2) is 18.2 Å². The number of nitrogens with zero attached hydrogens (tertiary/aromatic N) is 2. The predicted octanol–water partition coefficient (Wildman–Crippen LogP) is 2.25. The van der Waals surface area contributed by atoms with Crippen molar-refractivity contribution in [2.45, 2.75) is 0 Å². The fourth-order valence-corrected chi connectivity index (χ4v) is 3.20.